The number of aliphatic hydroxyl groups is 1. The number of hydrogen-bond donors (Lipinski definition) is 1. The maximum atomic E-state index is 13.1. The minimum atomic E-state index is -0.141. The average Bonchev–Trinajstić information content (AvgIpc) is 3.00. The van der Waals surface area contributed by atoms with Crippen molar-refractivity contribution in [2.45, 2.75) is 91.6 Å². The molecule has 0 aromatic carbocycles. The van der Waals surface area contributed by atoms with Gasteiger partial charge in [0.15, 0.2) is 0 Å². The van der Waals surface area contributed by atoms with Crippen molar-refractivity contribution in [1.82, 2.24) is 0 Å². The third-order valence-electron chi connectivity index (χ3n) is 8.94. The van der Waals surface area contributed by atoms with E-state index in [9.17, 15) is 9.50 Å². The van der Waals surface area contributed by atoms with Crippen LogP contribution >= 0.6 is 0 Å². The molecule has 4 aliphatic carbocycles. The highest BCUT2D eigenvalue weighted by molar-refractivity contribution is 5.06. The summed E-state index contributed by atoms with van der Waals surface area (Å²) in [5.74, 6) is 5.28. The van der Waals surface area contributed by atoms with Crippen molar-refractivity contribution in [3.05, 3.63) is 0 Å². The summed E-state index contributed by atoms with van der Waals surface area (Å²) in [6.45, 7) is 8.41. The van der Waals surface area contributed by atoms with Gasteiger partial charge in [0.1, 0.15) is 0 Å². The normalized spacial score (nSPS) is 49.9. The number of fused-ring (bicyclic) bond motifs is 5. The van der Waals surface area contributed by atoms with E-state index in [1.165, 1.54) is 51.4 Å². The van der Waals surface area contributed by atoms with Crippen LogP contribution in [0.4, 0.5) is 4.39 Å². The van der Waals surface area contributed by atoms with E-state index in [2.05, 4.69) is 6.92 Å². The predicted molar refractivity (Wildman–Crippen MR) is 103 cm³/mol. The van der Waals surface area contributed by atoms with Gasteiger partial charge in [-0.25, -0.2) is 0 Å². The summed E-state index contributed by atoms with van der Waals surface area (Å²) in [6.07, 6.45) is 11.5. The van der Waals surface area contributed by atoms with Crippen molar-refractivity contribution >= 4 is 0 Å². The van der Waals surface area contributed by atoms with Crippen molar-refractivity contribution in [2.24, 2.45) is 46.8 Å². The van der Waals surface area contributed by atoms with Gasteiger partial charge < -0.3 is 5.11 Å². The lowest BCUT2D eigenvalue weighted by atomic mass is 9.49. The van der Waals surface area contributed by atoms with Crippen molar-refractivity contribution in [1.29, 1.82) is 0 Å². The van der Waals surface area contributed by atoms with Crippen LogP contribution in [0.3, 0.4) is 0 Å². The first-order chi connectivity index (χ1) is 12.0. The molecule has 146 valence electrons. The molecule has 0 saturated heterocycles. The Morgan fingerprint density at radius 1 is 0.960 bits per heavy atom. The minimum Gasteiger partial charge on any atom is -0.393 e. The van der Waals surface area contributed by atoms with E-state index in [0.717, 1.165) is 36.0 Å². The van der Waals surface area contributed by atoms with Gasteiger partial charge in [-0.1, -0.05) is 20.8 Å². The Balaban J connectivity index is 0.000000880. The smallest absolute Gasteiger partial charge is 0.0922 e. The maximum Gasteiger partial charge on any atom is 0.0922 e. The van der Waals surface area contributed by atoms with Crippen molar-refractivity contribution in [3.8, 4) is 0 Å². The molecule has 2 heteroatoms. The van der Waals surface area contributed by atoms with Crippen molar-refractivity contribution in [2.75, 3.05) is 6.67 Å². The van der Waals surface area contributed by atoms with E-state index in [-0.39, 0.29) is 12.8 Å². The second-order valence-corrected chi connectivity index (χ2v) is 9.74. The molecule has 1 N–H and O–H groups in total. The largest absolute Gasteiger partial charge is 0.393 e. The number of alkyl halides is 1. The van der Waals surface area contributed by atoms with Crippen LogP contribution in [0.5, 0.6) is 0 Å². The van der Waals surface area contributed by atoms with Gasteiger partial charge in [-0.15, -0.1) is 0 Å². The van der Waals surface area contributed by atoms with E-state index in [0.29, 0.717) is 17.3 Å². The molecule has 4 fully saturated rings. The fraction of sp³-hybridized carbons (Fsp3) is 1.00. The highest BCUT2D eigenvalue weighted by Gasteiger charge is 2.57. The first kappa shape index (κ1) is 19.6. The van der Waals surface area contributed by atoms with Crippen LogP contribution in [0, 0.1) is 46.8 Å². The van der Waals surface area contributed by atoms with E-state index in [1.807, 2.05) is 20.8 Å². The molecule has 0 amide bonds. The molecule has 0 spiro atoms. The van der Waals surface area contributed by atoms with Gasteiger partial charge in [0.05, 0.1) is 12.8 Å². The van der Waals surface area contributed by atoms with Crippen LogP contribution in [0.15, 0.2) is 0 Å². The summed E-state index contributed by atoms with van der Waals surface area (Å²) < 4.78 is 13.1. The predicted octanol–water partition coefficient (Wildman–Crippen LogP) is 6.25. The highest BCUT2D eigenvalue weighted by atomic mass is 19.1. The Kier molecular flexibility index (Phi) is 6.18. The van der Waals surface area contributed by atoms with Gasteiger partial charge in [-0.3, -0.25) is 4.39 Å². The second kappa shape index (κ2) is 7.87. The molecule has 4 saturated carbocycles. The summed E-state index contributed by atoms with van der Waals surface area (Å²) in [6, 6.07) is 0. The lowest BCUT2D eigenvalue weighted by molar-refractivity contribution is -0.0827. The molecule has 0 aromatic rings. The van der Waals surface area contributed by atoms with Gasteiger partial charge >= 0.3 is 0 Å². The molecule has 0 aromatic heterocycles. The lowest BCUT2D eigenvalue weighted by Gasteiger charge is -2.56. The first-order valence-corrected chi connectivity index (χ1v) is 11.3. The summed E-state index contributed by atoms with van der Waals surface area (Å²) in [5, 5.41) is 10.3. The van der Waals surface area contributed by atoms with Gasteiger partial charge in [-0.05, 0) is 112 Å². The highest BCUT2D eigenvalue weighted by Crippen LogP contribution is 2.64. The Morgan fingerprint density at radius 2 is 1.68 bits per heavy atom. The van der Waals surface area contributed by atoms with Crippen LogP contribution in [-0.2, 0) is 0 Å². The molecule has 1 nitrogen and oxygen atoms in total. The van der Waals surface area contributed by atoms with E-state index < -0.39 is 0 Å². The van der Waals surface area contributed by atoms with Crippen LogP contribution in [0.2, 0.25) is 0 Å². The van der Waals surface area contributed by atoms with Crippen LogP contribution < -0.4 is 0 Å². The van der Waals surface area contributed by atoms with Crippen LogP contribution in [0.1, 0.15) is 85.5 Å². The lowest BCUT2D eigenvalue weighted by Crippen LogP contribution is -2.49. The Bertz CT molecular complexity index is 436. The van der Waals surface area contributed by atoms with Gasteiger partial charge in [0.2, 0.25) is 0 Å². The third kappa shape index (κ3) is 3.30. The molecular weight excluding hydrogens is 311 g/mol. The topological polar surface area (TPSA) is 20.2 Å². The summed E-state index contributed by atoms with van der Waals surface area (Å²) in [5.41, 5.74) is 0.387. The standard InChI is InChI=1S/C21H35FO.C2H6/c1-13(23)19-7-8-20-18-6-4-15-11-14(12-22)3-5-16(15)17(18)9-10-21(19,20)2;1-2/h13-20,23H,3-12H2,1-2H3;1-2H3. The Labute approximate surface area is 155 Å². The molecule has 9 atom stereocenters. The zero-order valence-electron chi connectivity index (χ0n) is 17.0. The number of aliphatic hydroxyl groups excluding tert-OH is 1. The molecule has 0 radical (unpaired) electrons. The zero-order valence-corrected chi connectivity index (χ0v) is 17.0. The van der Waals surface area contributed by atoms with Gasteiger partial charge in [-0.2, -0.15) is 0 Å². The average molecular weight is 353 g/mol. The zero-order chi connectivity index (χ0) is 18.2. The molecule has 4 rings (SSSR count). The molecule has 0 heterocycles. The van der Waals surface area contributed by atoms with Crippen LogP contribution in [0.25, 0.3) is 0 Å². The van der Waals surface area contributed by atoms with E-state index in [1.54, 1.807) is 0 Å². The fourth-order valence-electron chi connectivity index (χ4n) is 7.92. The van der Waals surface area contributed by atoms with E-state index >= 15 is 0 Å². The molecular formula is C23H41FO. The van der Waals surface area contributed by atoms with E-state index in [4.69, 9.17) is 0 Å². The maximum absolute atomic E-state index is 13.1. The summed E-state index contributed by atoms with van der Waals surface area (Å²) in [4.78, 5) is 0. The fourth-order valence-corrected chi connectivity index (χ4v) is 7.92. The number of rotatable bonds is 2. The molecule has 25 heavy (non-hydrogen) atoms. The first-order valence-electron chi connectivity index (χ1n) is 11.3. The Hall–Kier alpha value is -0.110. The quantitative estimate of drug-likeness (QED) is 0.623. The number of hydrogen-bond acceptors (Lipinski definition) is 1. The molecule has 0 aliphatic heterocycles. The second-order valence-electron chi connectivity index (χ2n) is 9.74. The Morgan fingerprint density at radius 3 is 2.36 bits per heavy atom. The molecule has 0 bridgehead atoms. The van der Waals surface area contributed by atoms with Crippen molar-refractivity contribution in [3.63, 3.8) is 0 Å². The summed E-state index contributed by atoms with van der Waals surface area (Å²) in [7, 11) is 0. The monoisotopic (exact) mass is 352 g/mol. The van der Waals surface area contributed by atoms with Crippen molar-refractivity contribution < 1.29 is 9.50 Å². The SMILES string of the molecule is CC.CC(O)C1CCC2C3CCC4CC(CF)CCC4C3CCC12C. The van der Waals surface area contributed by atoms with Gasteiger partial charge in [0, 0.05) is 0 Å². The molecule has 4 aliphatic rings. The number of halogens is 1. The third-order valence-corrected chi connectivity index (χ3v) is 8.94. The summed E-state index contributed by atoms with van der Waals surface area (Å²) >= 11 is 0. The van der Waals surface area contributed by atoms with Crippen LogP contribution in [-0.4, -0.2) is 17.9 Å². The molecule has 9 unspecified atom stereocenters. The van der Waals surface area contributed by atoms with Gasteiger partial charge in [0.25, 0.3) is 0 Å². The minimum absolute atomic E-state index is 0.0892.